The summed E-state index contributed by atoms with van der Waals surface area (Å²) in [5, 5.41) is 15.8. The predicted molar refractivity (Wildman–Crippen MR) is 103 cm³/mol. The number of carboxylic acid groups (broad SMARTS) is 1. The topological polar surface area (TPSA) is 116 Å². The van der Waals surface area contributed by atoms with E-state index < -0.39 is 11.9 Å². The molecule has 0 aliphatic heterocycles. The zero-order valence-corrected chi connectivity index (χ0v) is 15.5. The Morgan fingerprint density at radius 2 is 2.04 bits per heavy atom. The fourth-order valence-electron chi connectivity index (χ4n) is 3.57. The van der Waals surface area contributed by atoms with E-state index in [1.54, 1.807) is 12.3 Å². The number of hydrogen-bond donors (Lipinski definition) is 4. The van der Waals surface area contributed by atoms with Crippen LogP contribution in [0.25, 0.3) is 22.4 Å². The SMILES string of the molecule is O=C(O)NC1CCCCC1Nc1nc(-c2c[nH]c3ncc(Cl)cc23)ncc1F. The van der Waals surface area contributed by atoms with Crippen LogP contribution < -0.4 is 10.6 Å². The van der Waals surface area contributed by atoms with Crippen LogP contribution >= 0.6 is 11.6 Å². The minimum atomic E-state index is -1.09. The van der Waals surface area contributed by atoms with Crippen LogP contribution in [0.1, 0.15) is 25.7 Å². The Bertz CT molecular complexity index is 1030. The van der Waals surface area contributed by atoms with E-state index in [0.717, 1.165) is 30.8 Å². The fraction of sp³-hybridized carbons (Fsp3) is 0.333. The van der Waals surface area contributed by atoms with Gasteiger partial charge in [-0.25, -0.2) is 24.1 Å². The van der Waals surface area contributed by atoms with E-state index >= 15 is 0 Å². The van der Waals surface area contributed by atoms with E-state index in [1.165, 1.54) is 6.20 Å². The lowest BCUT2D eigenvalue weighted by Gasteiger charge is -2.32. The lowest BCUT2D eigenvalue weighted by molar-refractivity contribution is 0.184. The van der Waals surface area contributed by atoms with Crippen molar-refractivity contribution in [2.24, 2.45) is 0 Å². The normalized spacial score (nSPS) is 19.5. The van der Waals surface area contributed by atoms with Gasteiger partial charge >= 0.3 is 6.09 Å². The van der Waals surface area contributed by atoms with Crippen molar-refractivity contribution in [2.75, 3.05) is 5.32 Å². The van der Waals surface area contributed by atoms with Crippen LogP contribution in [0.3, 0.4) is 0 Å². The predicted octanol–water partition coefficient (Wildman–Crippen LogP) is 3.80. The Balaban J connectivity index is 1.65. The number of anilines is 1. The zero-order chi connectivity index (χ0) is 19.7. The first-order valence-electron chi connectivity index (χ1n) is 8.93. The number of rotatable bonds is 4. The minimum absolute atomic E-state index is 0.0402. The highest BCUT2D eigenvalue weighted by molar-refractivity contribution is 6.31. The summed E-state index contributed by atoms with van der Waals surface area (Å²) in [4.78, 5) is 26.7. The number of nitrogens with zero attached hydrogens (tertiary/aromatic N) is 3. The Labute approximate surface area is 164 Å². The van der Waals surface area contributed by atoms with E-state index in [2.05, 4.69) is 30.6 Å². The molecule has 2 atom stereocenters. The molecule has 3 aromatic rings. The standard InChI is InChI=1S/C18H18ClFN6O2/c19-9-5-10-11(7-22-15(10)21-6-9)16-23-8-12(20)17(26-16)24-13-3-1-2-4-14(13)25-18(27)28/h5-8,13-14,25H,1-4H2,(H,21,22)(H,27,28)(H,23,24,26). The molecule has 3 heterocycles. The monoisotopic (exact) mass is 404 g/mol. The first-order valence-corrected chi connectivity index (χ1v) is 9.30. The van der Waals surface area contributed by atoms with Crippen molar-refractivity contribution < 1.29 is 14.3 Å². The van der Waals surface area contributed by atoms with E-state index in [0.29, 0.717) is 28.5 Å². The number of fused-ring (bicyclic) bond motifs is 1. The van der Waals surface area contributed by atoms with Gasteiger partial charge in [-0.15, -0.1) is 0 Å². The largest absolute Gasteiger partial charge is 0.465 e. The number of carbonyl (C=O) groups is 1. The molecule has 0 radical (unpaired) electrons. The Morgan fingerprint density at radius 1 is 1.25 bits per heavy atom. The first-order chi connectivity index (χ1) is 13.5. The maximum atomic E-state index is 14.4. The Kier molecular flexibility index (Phi) is 4.99. The molecule has 0 aromatic carbocycles. The van der Waals surface area contributed by atoms with Gasteiger partial charge in [0.05, 0.1) is 17.3 Å². The van der Waals surface area contributed by atoms with Gasteiger partial charge in [-0.3, -0.25) is 0 Å². The zero-order valence-electron chi connectivity index (χ0n) is 14.7. The van der Waals surface area contributed by atoms with Crippen LogP contribution in [0.5, 0.6) is 0 Å². The maximum Gasteiger partial charge on any atom is 0.404 e. The molecule has 0 saturated heterocycles. The molecule has 8 nitrogen and oxygen atoms in total. The number of hydrogen-bond acceptors (Lipinski definition) is 5. The third-order valence-electron chi connectivity index (χ3n) is 4.88. The highest BCUT2D eigenvalue weighted by atomic mass is 35.5. The van der Waals surface area contributed by atoms with Crippen LogP contribution in [0.4, 0.5) is 15.0 Å². The second kappa shape index (κ2) is 7.59. The molecule has 1 aliphatic carbocycles. The van der Waals surface area contributed by atoms with Gasteiger partial charge in [0.15, 0.2) is 17.5 Å². The smallest absolute Gasteiger partial charge is 0.404 e. The summed E-state index contributed by atoms with van der Waals surface area (Å²) >= 11 is 6.03. The molecule has 1 aliphatic rings. The molecule has 4 rings (SSSR count). The highest BCUT2D eigenvalue weighted by Gasteiger charge is 2.27. The summed E-state index contributed by atoms with van der Waals surface area (Å²) in [6.07, 6.45) is 6.49. The number of H-pyrrole nitrogens is 1. The van der Waals surface area contributed by atoms with Gasteiger partial charge in [-0.05, 0) is 18.9 Å². The molecule has 1 saturated carbocycles. The molecular formula is C18H18ClFN6O2. The molecule has 1 fully saturated rings. The molecule has 28 heavy (non-hydrogen) atoms. The van der Waals surface area contributed by atoms with Crippen molar-refractivity contribution in [1.82, 2.24) is 25.3 Å². The number of halogens is 2. The van der Waals surface area contributed by atoms with Crippen LogP contribution in [-0.2, 0) is 0 Å². The molecule has 4 N–H and O–H groups in total. The molecule has 146 valence electrons. The summed E-state index contributed by atoms with van der Waals surface area (Å²) in [7, 11) is 0. The maximum absolute atomic E-state index is 14.4. The molecule has 10 heteroatoms. The summed E-state index contributed by atoms with van der Waals surface area (Å²) in [5.41, 5.74) is 1.27. The Hall–Kier alpha value is -2.94. The minimum Gasteiger partial charge on any atom is -0.465 e. The quantitative estimate of drug-likeness (QED) is 0.525. The summed E-state index contributed by atoms with van der Waals surface area (Å²) in [5.74, 6) is -0.240. The van der Waals surface area contributed by atoms with Crippen molar-refractivity contribution in [3.63, 3.8) is 0 Å². The van der Waals surface area contributed by atoms with Crippen LogP contribution in [0, 0.1) is 5.82 Å². The average Bonchev–Trinajstić information content (AvgIpc) is 3.07. The van der Waals surface area contributed by atoms with Crippen molar-refractivity contribution in [2.45, 2.75) is 37.8 Å². The second-order valence-corrected chi connectivity index (χ2v) is 7.17. The van der Waals surface area contributed by atoms with Crippen molar-refractivity contribution >= 4 is 34.5 Å². The average molecular weight is 405 g/mol. The lowest BCUT2D eigenvalue weighted by Crippen LogP contribution is -2.48. The van der Waals surface area contributed by atoms with Gasteiger partial charge in [0.25, 0.3) is 0 Å². The molecule has 3 aromatic heterocycles. The fourth-order valence-corrected chi connectivity index (χ4v) is 3.73. The van der Waals surface area contributed by atoms with Gasteiger partial charge in [0.1, 0.15) is 5.65 Å². The van der Waals surface area contributed by atoms with Crippen molar-refractivity contribution in [1.29, 1.82) is 0 Å². The number of aromatic nitrogens is 4. The van der Waals surface area contributed by atoms with Gasteiger partial charge in [0, 0.05) is 29.4 Å². The number of pyridine rings is 1. The van der Waals surface area contributed by atoms with Gasteiger partial charge in [0.2, 0.25) is 0 Å². The van der Waals surface area contributed by atoms with E-state index in [-0.39, 0.29) is 17.9 Å². The van der Waals surface area contributed by atoms with Gasteiger partial charge in [-0.2, -0.15) is 0 Å². The molecule has 2 unspecified atom stereocenters. The number of aromatic amines is 1. The first kappa shape index (κ1) is 18.4. The molecular weight excluding hydrogens is 387 g/mol. The molecule has 0 spiro atoms. The van der Waals surface area contributed by atoms with E-state index in [1.807, 2.05) is 0 Å². The highest BCUT2D eigenvalue weighted by Crippen LogP contribution is 2.29. The Morgan fingerprint density at radius 3 is 2.82 bits per heavy atom. The summed E-state index contributed by atoms with van der Waals surface area (Å²) in [6, 6.07) is 1.19. The second-order valence-electron chi connectivity index (χ2n) is 6.73. The van der Waals surface area contributed by atoms with E-state index in [4.69, 9.17) is 16.7 Å². The lowest BCUT2D eigenvalue weighted by atomic mass is 9.90. The van der Waals surface area contributed by atoms with Crippen LogP contribution in [0.2, 0.25) is 5.02 Å². The number of amides is 1. The molecule has 1 amide bonds. The van der Waals surface area contributed by atoms with Crippen molar-refractivity contribution in [3.8, 4) is 11.4 Å². The summed E-state index contributed by atoms with van der Waals surface area (Å²) < 4.78 is 14.4. The third kappa shape index (κ3) is 3.70. The summed E-state index contributed by atoms with van der Waals surface area (Å²) in [6.45, 7) is 0. The van der Waals surface area contributed by atoms with Crippen LogP contribution in [-0.4, -0.2) is 43.2 Å². The van der Waals surface area contributed by atoms with Gasteiger partial charge < -0.3 is 20.7 Å². The third-order valence-corrected chi connectivity index (χ3v) is 5.09. The number of nitrogens with one attached hydrogen (secondary N) is 3. The van der Waals surface area contributed by atoms with Crippen LogP contribution in [0.15, 0.2) is 24.7 Å². The van der Waals surface area contributed by atoms with E-state index in [9.17, 15) is 9.18 Å². The van der Waals surface area contributed by atoms with Gasteiger partial charge in [-0.1, -0.05) is 24.4 Å². The van der Waals surface area contributed by atoms with Crippen molar-refractivity contribution in [3.05, 3.63) is 35.5 Å². The molecule has 0 bridgehead atoms.